The summed E-state index contributed by atoms with van der Waals surface area (Å²) in [6.07, 6.45) is 0.160. The zero-order valence-corrected chi connectivity index (χ0v) is 17.0. The molecule has 3 rings (SSSR count). The molecule has 1 N–H and O–H groups in total. The first kappa shape index (κ1) is 20.5. The van der Waals surface area contributed by atoms with Crippen LogP contribution in [0.4, 0.5) is 4.39 Å². The average Bonchev–Trinajstić information content (AvgIpc) is 3.13. The SMILES string of the molecule is O=C(Cc1csc(SCC(=O)c2ccc(F)cc2)n1)NCc1ccccc1Cl. The van der Waals surface area contributed by atoms with Crippen molar-refractivity contribution in [1.29, 1.82) is 0 Å². The third-order valence-electron chi connectivity index (χ3n) is 3.80. The Labute approximate surface area is 175 Å². The zero-order chi connectivity index (χ0) is 19.9. The van der Waals surface area contributed by atoms with E-state index in [2.05, 4.69) is 10.3 Å². The van der Waals surface area contributed by atoms with Crippen LogP contribution in [0.3, 0.4) is 0 Å². The minimum Gasteiger partial charge on any atom is -0.352 e. The molecule has 0 aliphatic carbocycles. The molecule has 1 amide bonds. The minimum atomic E-state index is -0.374. The van der Waals surface area contributed by atoms with Gasteiger partial charge < -0.3 is 5.32 Å². The Morgan fingerprint density at radius 2 is 1.89 bits per heavy atom. The number of amides is 1. The van der Waals surface area contributed by atoms with Crippen LogP contribution >= 0.6 is 34.7 Å². The van der Waals surface area contributed by atoms with Crippen LogP contribution in [0.25, 0.3) is 0 Å². The van der Waals surface area contributed by atoms with E-state index >= 15 is 0 Å². The largest absolute Gasteiger partial charge is 0.352 e. The van der Waals surface area contributed by atoms with E-state index in [4.69, 9.17) is 11.6 Å². The van der Waals surface area contributed by atoms with Gasteiger partial charge in [-0.15, -0.1) is 11.3 Å². The maximum absolute atomic E-state index is 12.9. The highest BCUT2D eigenvalue weighted by atomic mass is 35.5. The molecule has 0 radical (unpaired) electrons. The molecule has 0 atom stereocenters. The second kappa shape index (κ2) is 9.82. The van der Waals surface area contributed by atoms with E-state index in [1.165, 1.54) is 47.4 Å². The Morgan fingerprint density at radius 3 is 2.64 bits per heavy atom. The van der Waals surface area contributed by atoms with Gasteiger partial charge in [-0.05, 0) is 35.9 Å². The van der Waals surface area contributed by atoms with Gasteiger partial charge in [-0.1, -0.05) is 41.6 Å². The Balaban J connectivity index is 1.47. The molecule has 3 aromatic rings. The first-order chi connectivity index (χ1) is 13.5. The molecule has 1 heterocycles. The second-order valence-corrected chi connectivity index (χ2v) is 8.36. The first-order valence-corrected chi connectivity index (χ1v) is 10.6. The standard InChI is InChI=1S/C20H16ClFN2O2S2/c21-17-4-2-1-3-14(17)10-23-19(26)9-16-11-27-20(24-16)28-12-18(25)13-5-7-15(22)8-6-13/h1-8,11H,9-10,12H2,(H,23,26). The predicted octanol–water partition coefficient (Wildman–Crippen LogP) is 4.77. The molecule has 0 spiro atoms. The number of halogens is 2. The van der Waals surface area contributed by atoms with E-state index in [9.17, 15) is 14.0 Å². The Kier molecular flexibility index (Phi) is 7.19. The summed E-state index contributed by atoms with van der Waals surface area (Å²) in [5.41, 5.74) is 1.97. The topological polar surface area (TPSA) is 59.1 Å². The van der Waals surface area contributed by atoms with Crippen molar-refractivity contribution in [3.05, 3.63) is 81.6 Å². The first-order valence-electron chi connectivity index (χ1n) is 8.37. The Hall–Kier alpha value is -2.22. The number of aromatic nitrogens is 1. The summed E-state index contributed by atoms with van der Waals surface area (Å²) in [6, 6.07) is 12.8. The molecule has 1 aromatic heterocycles. The van der Waals surface area contributed by atoms with Gasteiger partial charge in [0.1, 0.15) is 5.82 Å². The number of hydrogen-bond donors (Lipinski definition) is 1. The average molecular weight is 435 g/mol. The van der Waals surface area contributed by atoms with Crippen molar-refractivity contribution < 1.29 is 14.0 Å². The van der Waals surface area contributed by atoms with Crippen LogP contribution in [0, 0.1) is 5.82 Å². The molecule has 2 aromatic carbocycles. The number of nitrogens with one attached hydrogen (secondary N) is 1. The molecule has 0 aliphatic heterocycles. The number of benzene rings is 2. The lowest BCUT2D eigenvalue weighted by molar-refractivity contribution is -0.120. The third-order valence-corrected chi connectivity index (χ3v) is 6.24. The highest BCUT2D eigenvalue weighted by molar-refractivity contribution is 8.01. The second-order valence-electron chi connectivity index (χ2n) is 5.87. The Bertz CT molecular complexity index is 976. The molecule has 0 saturated carbocycles. The lowest BCUT2D eigenvalue weighted by atomic mass is 10.1. The van der Waals surface area contributed by atoms with E-state index in [-0.39, 0.29) is 29.7 Å². The number of Topliss-reactive ketones (excluding diaryl/α,β-unsaturated/α-hetero) is 1. The van der Waals surface area contributed by atoms with Crippen LogP contribution in [-0.4, -0.2) is 22.4 Å². The van der Waals surface area contributed by atoms with Crippen LogP contribution in [0.2, 0.25) is 5.02 Å². The third kappa shape index (κ3) is 5.89. The maximum Gasteiger partial charge on any atom is 0.226 e. The molecular formula is C20H16ClFN2O2S2. The monoisotopic (exact) mass is 434 g/mol. The fourth-order valence-corrected chi connectivity index (χ4v) is 4.29. The summed E-state index contributed by atoms with van der Waals surface area (Å²) in [6.45, 7) is 0.358. The molecule has 0 aliphatic rings. The van der Waals surface area contributed by atoms with E-state index in [0.717, 1.165) is 5.56 Å². The molecule has 0 unspecified atom stereocenters. The number of carbonyl (C=O) groups excluding carboxylic acids is 2. The van der Waals surface area contributed by atoms with E-state index in [0.29, 0.717) is 27.2 Å². The van der Waals surface area contributed by atoms with Gasteiger partial charge in [-0.3, -0.25) is 9.59 Å². The molecule has 144 valence electrons. The van der Waals surface area contributed by atoms with Crippen molar-refractivity contribution >= 4 is 46.4 Å². The van der Waals surface area contributed by atoms with Gasteiger partial charge in [0, 0.05) is 22.5 Å². The highest BCUT2D eigenvalue weighted by Gasteiger charge is 2.11. The van der Waals surface area contributed by atoms with Crippen molar-refractivity contribution in [3.8, 4) is 0 Å². The van der Waals surface area contributed by atoms with E-state index < -0.39 is 0 Å². The minimum absolute atomic E-state index is 0.0979. The molecular weight excluding hydrogens is 419 g/mol. The lowest BCUT2D eigenvalue weighted by Gasteiger charge is -2.05. The van der Waals surface area contributed by atoms with Crippen LogP contribution in [0.15, 0.2) is 58.3 Å². The number of thiazole rings is 1. The fourth-order valence-electron chi connectivity index (χ4n) is 2.34. The van der Waals surface area contributed by atoms with Crippen LogP contribution < -0.4 is 5.32 Å². The number of rotatable bonds is 8. The van der Waals surface area contributed by atoms with Crippen LogP contribution in [-0.2, 0) is 17.8 Å². The summed E-state index contributed by atoms with van der Waals surface area (Å²) < 4.78 is 13.6. The number of ketones is 1. The summed E-state index contributed by atoms with van der Waals surface area (Å²) in [4.78, 5) is 28.6. The van der Waals surface area contributed by atoms with Gasteiger partial charge in [0.15, 0.2) is 10.1 Å². The number of hydrogen-bond acceptors (Lipinski definition) is 5. The van der Waals surface area contributed by atoms with Crippen molar-refractivity contribution in [2.45, 2.75) is 17.3 Å². The molecule has 0 fully saturated rings. The Morgan fingerprint density at radius 1 is 1.14 bits per heavy atom. The van der Waals surface area contributed by atoms with Crippen molar-refractivity contribution in [3.63, 3.8) is 0 Å². The summed E-state index contributed by atoms with van der Waals surface area (Å²) in [5.74, 6) is -0.415. The molecule has 28 heavy (non-hydrogen) atoms. The normalized spacial score (nSPS) is 10.6. The highest BCUT2D eigenvalue weighted by Crippen LogP contribution is 2.24. The van der Waals surface area contributed by atoms with Gasteiger partial charge in [0.2, 0.25) is 5.91 Å². The van der Waals surface area contributed by atoms with Gasteiger partial charge in [-0.25, -0.2) is 9.37 Å². The fraction of sp³-hybridized carbons (Fsp3) is 0.150. The van der Waals surface area contributed by atoms with Crippen LogP contribution in [0.1, 0.15) is 21.6 Å². The van der Waals surface area contributed by atoms with Crippen molar-refractivity contribution in [2.24, 2.45) is 0 Å². The van der Waals surface area contributed by atoms with Crippen LogP contribution in [0.5, 0.6) is 0 Å². The lowest BCUT2D eigenvalue weighted by Crippen LogP contribution is -2.24. The summed E-state index contributed by atoms with van der Waals surface area (Å²) in [5, 5.41) is 5.24. The quantitative estimate of drug-likeness (QED) is 0.410. The van der Waals surface area contributed by atoms with Gasteiger partial charge >= 0.3 is 0 Å². The van der Waals surface area contributed by atoms with E-state index in [1.54, 1.807) is 11.4 Å². The van der Waals surface area contributed by atoms with Gasteiger partial charge in [-0.2, -0.15) is 0 Å². The maximum atomic E-state index is 12.9. The molecule has 4 nitrogen and oxygen atoms in total. The van der Waals surface area contributed by atoms with Gasteiger partial charge in [0.05, 0.1) is 17.9 Å². The zero-order valence-electron chi connectivity index (χ0n) is 14.7. The molecule has 8 heteroatoms. The van der Waals surface area contributed by atoms with Crippen molar-refractivity contribution in [2.75, 3.05) is 5.75 Å². The van der Waals surface area contributed by atoms with Crippen molar-refractivity contribution in [1.82, 2.24) is 10.3 Å². The van der Waals surface area contributed by atoms with Gasteiger partial charge in [0.25, 0.3) is 0 Å². The summed E-state index contributed by atoms with van der Waals surface area (Å²) in [7, 11) is 0. The number of thioether (sulfide) groups is 1. The molecule has 0 bridgehead atoms. The van der Waals surface area contributed by atoms with E-state index in [1.807, 2.05) is 18.2 Å². The smallest absolute Gasteiger partial charge is 0.226 e. The number of carbonyl (C=O) groups is 2. The number of nitrogens with zero attached hydrogens (tertiary/aromatic N) is 1. The molecule has 0 saturated heterocycles. The summed E-state index contributed by atoms with van der Waals surface area (Å²) >= 11 is 8.76. The predicted molar refractivity (Wildman–Crippen MR) is 111 cm³/mol.